The Morgan fingerprint density at radius 1 is 1.27 bits per heavy atom. The van der Waals surface area contributed by atoms with Gasteiger partial charge in [0.25, 0.3) is 0 Å². The molecule has 0 aliphatic heterocycles. The third-order valence-corrected chi connectivity index (χ3v) is 1.79. The number of hydrogen-bond donors (Lipinski definition) is 0. The molecule has 0 spiro atoms. The fourth-order valence-corrected chi connectivity index (χ4v) is 1.05. The molecule has 11 heavy (non-hydrogen) atoms. The van der Waals surface area contributed by atoms with Crippen molar-refractivity contribution in [1.82, 2.24) is 4.98 Å². The van der Waals surface area contributed by atoms with Crippen molar-refractivity contribution in [2.75, 3.05) is 14.2 Å². The van der Waals surface area contributed by atoms with Gasteiger partial charge in [0.1, 0.15) is 0 Å². The number of hydrogen-bond acceptors (Lipinski definition) is 3. The van der Waals surface area contributed by atoms with Crippen molar-refractivity contribution in [2.24, 2.45) is 0 Å². The first-order chi connectivity index (χ1) is 5.27. The number of ether oxygens (including phenoxy) is 2. The van der Waals surface area contributed by atoms with Gasteiger partial charge in [-0.1, -0.05) is 0 Å². The zero-order valence-corrected chi connectivity index (χ0v) is 7.88. The lowest BCUT2D eigenvalue weighted by molar-refractivity contribution is 0.363. The second kappa shape index (κ2) is 3.57. The van der Waals surface area contributed by atoms with Crippen molar-refractivity contribution in [3.63, 3.8) is 0 Å². The molecule has 1 heterocycles. The third kappa shape index (κ3) is 1.83. The van der Waals surface area contributed by atoms with Crippen LogP contribution in [0.4, 0.5) is 0 Å². The zero-order chi connectivity index (χ0) is 8.27. The number of methoxy groups -OCH3 is 2. The van der Waals surface area contributed by atoms with E-state index < -0.39 is 0 Å². The predicted octanol–water partition coefficient (Wildman–Crippen LogP) is 1.86. The third-order valence-electron chi connectivity index (χ3n) is 1.19. The van der Waals surface area contributed by atoms with Crippen LogP contribution in [0.25, 0.3) is 0 Å². The van der Waals surface area contributed by atoms with Gasteiger partial charge in [0, 0.05) is 6.07 Å². The zero-order valence-electron chi connectivity index (χ0n) is 6.30. The normalized spacial score (nSPS) is 9.36. The fourth-order valence-electron chi connectivity index (χ4n) is 0.663. The molecular formula is C7H8BrNO2. The Morgan fingerprint density at radius 2 is 2.00 bits per heavy atom. The first-order valence-electron chi connectivity index (χ1n) is 3.02. The second-order valence-electron chi connectivity index (χ2n) is 1.84. The summed E-state index contributed by atoms with van der Waals surface area (Å²) < 4.78 is 10.7. The maximum Gasteiger partial charge on any atom is 0.231 e. The lowest BCUT2D eigenvalue weighted by Gasteiger charge is -2.03. The monoisotopic (exact) mass is 218 g/mol. The summed E-state index contributed by atoms with van der Waals surface area (Å²) in [5.41, 5.74) is 0. The number of nitrogens with zero attached hydrogens (tertiary/aromatic N) is 1. The van der Waals surface area contributed by atoms with E-state index in [1.165, 1.54) is 0 Å². The van der Waals surface area contributed by atoms with Crippen LogP contribution in [0.1, 0.15) is 0 Å². The quantitative estimate of drug-likeness (QED) is 0.760. The van der Waals surface area contributed by atoms with Crippen molar-refractivity contribution in [1.29, 1.82) is 0 Å². The van der Waals surface area contributed by atoms with Crippen molar-refractivity contribution in [3.05, 3.63) is 16.6 Å². The Kier molecular flexibility index (Phi) is 2.70. The Hall–Kier alpha value is -0.770. The van der Waals surface area contributed by atoms with Crippen molar-refractivity contribution >= 4 is 15.9 Å². The van der Waals surface area contributed by atoms with Crippen LogP contribution in [-0.2, 0) is 0 Å². The van der Waals surface area contributed by atoms with Crippen LogP contribution in [0.5, 0.6) is 11.8 Å². The van der Waals surface area contributed by atoms with Gasteiger partial charge >= 0.3 is 0 Å². The van der Waals surface area contributed by atoms with Crippen LogP contribution in [0, 0.1) is 0 Å². The van der Waals surface area contributed by atoms with Crippen molar-refractivity contribution in [3.8, 4) is 11.8 Å². The fraction of sp³-hybridized carbons (Fsp3) is 0.286. The minimum absolute atomic E-state index is 0.532. The highest BCUT2D eigenvalue weighted by molar-refractivity contribution is 9.10. The maximum atomic E-state index is 4.95. The highest BCUT2D eigenvalue weighted by atomic mass is 79.9. The van der Waals surface area contributed by atoms with Gasteiger partial charge in [-0.2, -0.15) is 4.98 Å². The summed E-state index contributed by atoms with van der Waals surface area (Å²) in [7, 11) is 3.13. The van der Waals surface area contributed by atoms with Crippen LogP contribution in [0.2, 0.25) is 0 Å². The van der Waals surface area contributed by atoms with Gasteiger partial charge < -0.3 is 9.47 Å². The summed E-state index contributed by atoms with van der Waals surface area (Å²) in [4.78, 5) is 4.02. The number of pyridine rings is 1. The highest BCUT2D eigenvalue weighted by Crippen LogP contribution is 2.24. The molecule has 0 radical (unpaired) electrons. The number of halogens is 1. The van der Waals surface area contributed by atoms with Gasteiger partial charge in [0.2, 0.25) is 11.8 Å². The molecule has 0 atom stereocenters. The average molecular weight is 219 g/mol. The number of aromatic nitrogens is 1. The Bertz CT molecular complexity index is 252. The molecule has 0 aliphatic rings. The second-order valence-corrected chi connectivity index (χ2v) is 2.70. The Balaban J connectivity index is 3.02. The van der Waals surface area contributed by atoms with E-state index in [-0.39, 0.29) is 0 Å². The van der Waals surface area contributed by atoms with E-state index in [9.17, 15) is 0 Å². The molecule has 3 nitrogen and oxygen atoms in total. The lowest BCUT2D eigenvalue weighted by atomic mass is 10.5. The van der Waals surface area contributed by atoms with Crippen LogP contribution in [-0.4, -0.2) is 19.2 Å². The summed E-state index contributed by atoms with van der Waals surface area (Å²) in [6, 6.07) is 3.58. The van der Waals surface area contributed by atoms with Gasteiger partial charge in [0.15, 0.2) is 0 Å². The van der Waals surface area contributed by atoms with Crippen molar-refractivity contribution in [2.45, 2.75) is 0 Å². The smallest absolute Gasteiger partial charge is 0.231 e. The Labute approximate surface area is 73.5 Å². The van der Waals surface area contributed by atoms with Crippen LogP contribution in [0.3, 0.4) is 0 Å². The predicted molar refractivity (Wildman–Crippen MR) is 45.0 cm³/mol. The standard InChI is InChI=1S/C7H8BrNO2/c1-10-6-4-3-5(8)7(9-6)11-2/h3-4H,1-2H3/i7+1. The van der Waals surface area contributed by atoms with E-state index in [0.29, 0.717) is 11.8 Å². The summed E-state index contributed by atoms with van der Waals surface area (Å²) in [5.74, 6) is 1.08. The molecule has 0 saturated heterocycles. The van der Waals surface area contributed by atoms with E-state index >= 15 is 0 Å². The first kappa shape index (κ1) is 8.33. The van der Waals surface area contributed by atoms with E-state index in [4.69, 9.17) is 9.47 Å². The summed E-state index contributed by atoms with van der Waals surface area (Å²) >= 11 is 3.28. The largest absolute Gasteiger partial charge is 0.481 e. The molecule has 0 bridgehead atoms. The molecule has 0 aromatic carbocycles. The lowest BCUT2D eigenvalue weighted by Crippen LogP contribution is -1.92. The van der Waals surface area contributed by atoms with Gasteiger partial charge in [-0.3, -0.25) is 0 Å². The maximum absolute atomic E-state index is 4.95. The summed E-state index contributed by atoms with van der Waals surface area (Å²) in [5, 5.41) is 0. The van der Waals surface area contributed by atoms with Crippen molar-refractivity contribution < 1.29 is 9.47 Å². The van der Waals surface area contributed by atoms with Crippen LogP contribution < -0.4 is 9.47 Å². The van der Waals surface area contributed by atoms with Gasteiger partial charge in [-0.05, 0) is 22.0 Å². The molecule has 0 fully saturated rings. The van der Waals surface area contributed by atoms with Crippen LogP contribution in [0.15, 0.2) is 16.6 Å². The topological polar surface area (TPSA) is 31.4 Å². The summed E-state index contributed by atoms with van der Waals surface area (Å²) in [6.45, 7) is 0. The molecule has 60 valence electrons. The van der Waals surface area contributed by atoms with Crippen LogP contribution >= 0.6 is 15.9 Å². The molecule has 0 amide bonds. The molecule has 1 aromatic rings. The van der Waals surface area contributed by atoms with Gasteiger partial charge in [0.05, 0.1) is 18.7 Å². The molecule has 0 aliphatic carbocycles. The van der Waals surface area contributed by atoms with Gasteiger partial charge in [-0.25, -0.2) is 0 Å². The van der Waals surface area contributed by atoms with Gasteiger partial charge in [-0.15, -0.1) is 0 Å². The number of rotatable bonds is 2. The molecule has 4 heteroatoms. The molecular weight excluding hydrogens is 211 g/mol. The molecule has 1 aromatic heterocycles. The van der Waals surface area contributed by atoms with E-state index in [1.54, 1.807) is 20.3 Å². The first-order valence-corrected chi connectivity index (χ1v) is 3.81. The minimum Gasteiger partial charge on any atom is -0.481 e. The van der Waals surface area contributed by atoms with E-state index in [2.05, 4.69) is 20.9 Å². The van der Waals surface area contributed by atoms with E-state index in [1.807, 2.05) is 6.07 Å². The molecule has 0 saturated carbocycles. The molecule has 0 N–H and O–H groups in total. The molecule has 0 unspecified atom stereocenters. The average Bonchev–Trinajstić information content (AvgIpc) is 2.05. The summed E-state index contributed by atoms with van der Waals surface area (Å²) in [6.07, 6.45) is 0. The highest BCUT2D eigenvalue weighted by Gasteiger charge is 2.01. The SMILES string of the molecule is COc1ccc(Br)[13c](OC)n1. The Morgan fingerprint density at radius 3 is 2.55 bits per heavy atom. The molecule has 1 rings (SSSR count). The van der Waals surface area contributed by atoms with E-state index in [0.717, 1.165) is 4.47 Å². The minimum atomic E-state index is 0.532.